The fraction of sp³-hybridized carbons (Fsp3) is 0. The second kappa shape index (κ2) is 2.88. The number of benzene rings is 1. The van der Waals surface area contributed by atoms with Crippen LogP contribution in [-0.4, -0.2) is 0 Å². The summed E-state index contributed by atoms with van der Waals surface area (Å²) in [5, 5.41) is 8.37. The Labute approximate surface area is 58.7 Å². The minimum atomic E-state index is 0.430. The largest absolute Gasteiger partial charge is 0.292 e. The average molecular weight is 134 g/mol. The maximum atomic E-state index is 11.8. The van der Waals surface area contributed by atoms with Crippen LogP contribution < -0.4 is 0 Å². The van der Waals surface area contributed by atoms with Gasteiger partial charge in [-0.1, -0.05) is 6.07 Å². The highest BCUT2D eigenvalue weighted by Gasteiger charge is 1.83. The summed E-state index contributed by atoms with van der Waals surface area (Å²) in [4.78, 5) is 0. The van der Waals surface area contributed by atoms with Crippen LogP contribution in [0.2, 0.25) is 0 Å². The molecule has 0 heterocycles. The molecule has 0 bridgehead atoms. The molecule has 0 spiro atoms. The predicted molar refractivity (Wildman–Crippen MR) is 35.7 cm³/mol. The van der Waals surface area contributed by atoms with Crippen molar-refractivity contribution in [1.29, 1.82) is 5.26 Å². The fourth-order valence-corrected chi connectivity index (χ4v) is 0.676. The van der Waals surface area contributed by atoms with Gasteiger partial charge >= 0.3 is 0 Å². The summed E-state index contributed by atoms with van der Waals surface area (Å²) in [6.07, 6.45) is 0. The summed E-state index contributed by atoms with van der Waals surface area (Å²) in [7, 11) is 0. The minimum Gasteiger partial charge on any atom is -0.292 e. The second-order valence-electron chi connectivity index (χ2n) is 1.85. The van der Waals surface area contributed by atoms with Gasteiger partial charge in [-0.15, -0.1) is 12.1 Å². The summed E-state index contributed by atoms with van der Waals surface area (Å²) < 4.78 is 11.8. The van der Waals surface area contributed by atoms with Gasteiger partial charge in [0.1, 0.15) is 0 Å². The van der Waals surface area contributed by atoms with Crippen LogP contribution in [0, 0.1) is 18.0 Å². The van der Waals surface area contributed by atoms with Crippen LogP contribution >= 0.6 is 0 Å². The lowest BCUT2D eigenvalue weighted by Crippen LogP contribution is -1.77. The molecule has 0 amide bonds. The van der Waals surface area contributed by atoms with E-state index in [1.165, 1.54) is 6.07 Å². The molecule has 1 aromatic carbocycles. The van der Waals surface area contributed by atoms with E-state index < -0.39 is 0 Å². The normalized spacial score (nSPS) is 8.40. The Morgan fingerprint density at radius 3 is 2.90 bits per heavy atom. The van der Waals surface area contributed by atoms with Crippen LogP contribution in [-0.2, 0) is 0 Å². The van der Waals surface area contributed by atoms with Crippen molar-refractivity contribution in [1.82, 2.24) is 0 Å². The Balaban J connectivity index is 3.01. The van der Waals surface area contributed by atoms with Crippen LogP contribution in [0.5, 0.6) is 0 Å². The van der Waals surface area contributed by atoms with Crippen LogP contribution in [0.1, 0.15) is 11.1 Å². The lowest BCUT2D eigenvalue weighted by molar-refractivity contribution is 0.646. The fourth-order valence-electron chi connectivity index (χ4n) is 0.676. The van der Waals surface area contributed by atoms with E-state index in [9.17, 15) is 4.39 Å². The number of nitrogens with zero attached hydrogens (tertiary/aromatic N) is 1. The van der Waals surface area contributed by atoms with Crippen LogP contribution in [0.25, 0.3) is 0 Å². The Kier molecular flexibility index (Phi) is 1.91. The third kappa shape index (κ3) is 1.26. The highest BCUT2D eigenvalue weighted by molar-refractivity contribution is 5.34. The average Bonchev–Trinajstić information content (AvgIpc) is 2.05. The third-order valence-electron chi connectivity index (χ3n) is 1.14. The van der Waals surface area contributed by atoms with Crippen molar-refractivity contribution in [3.05, 3.63) is 42.1 Å². The summed E-state index contributed by atoms with van der Waals surface area (Å²) in [5.41, 5.74) is 0.908. The van der Waals surface area contributed by atoms with Crippen LogP contribution in [0.4, 0.5) is 4.39 Å². The maximum Gasteiger partial charge on any atom is 0.0856 e. The van der Waals surface area contributed by atoms with E-state index in [1.807, 2.05) is 6.07 Å². The van der Waals surface area contributed by atoms with Crippen molar-refractivity contribution in [3.8, 4) is 6.07 Å². The van der Waals surface area contributed by atoms with Gasteiger partial charge in [0.2, 0.25) is 0 Å². The molecule has 2 heteroatoms. The summed E-state index contributed by atoms with van der Waals surface area (Å²) >= 11 is 0. The first-order valence-electron chi connectivity index (χ1n) is 2.80. The molecule has 50 valence electrons. The van der Waals surface area contributed by atoms with Crippen molar-refractivity contribution in [2.45, 2.75) is 0 Å². The molecule has 0 aliphatic carbocycles. The molecular weight excluding hydrogens is 129 g/mol. The van der Waals surface area contributed by atoms with E-state index >= 15 is 0 Å². The first-order valence-corrected chi connectivity index (χ1v) is 2.80. The van der Waals surface area contributed by atoms with E-state index in [1.54, 1.807) is 18.2 Å². The van der Waals surface area contributed by atoms with Crippen molar-refractivity contribution >= 4 is 0 Å². The second-order valence-corrected chi connectivity index (χ2v) is 1.85. The lowest BCUT2D eigenvalue weighted by atomic mass is 10.1. The monoisotopic (exact) mass is 134 g/mol. The number of hydrogen-bond donors (Lipinski definition) is 0. The van der Waals surface area contributed by atoms with Gasteiger partial charge in [0.15, 0.2) is 0 Å². The first kappa shape index (κ1) is 6.63. The molecule has 0 atom stereocenters. The molecule has 1 aromatic rings. The Hall–Kier alpha value is -1.49. The van der Waals surface area contributed by atoms with Gasteiger partial charge in [-0.05, 0) is 12.2 Å². The Bertz CT molecular complexity index is 262. The van der Waals surface area contributed by atoms with Crippen molar-refractivity contribution in [2.75, 3.05) is 0 Å². The molecule has 0 unspecified atom stereocenters. The van der Waals surface area contributed by atoms with Gasteiger partial charge in [-0.2, -0.15) is 16.9 Å². The Morgan fingerprint density at radius 1 is 1.50 bits per heavy atom. The first-order chi connectivity index (χ1) is 4.86. The molecule has 0 saturated carbocycles. The van der Waals surface area contributed by atoms with Gasteiger partial charge in [0, 0.05) is 0 Å². The molecule has 0 saturated heterocycles. The zero-order chi connectivity index (χ0) is 7.40. The highest BCUT2D eigenvalue weighted by atomic mass is 19.1. The SMILES string of the molecule is N#Cc1cccc([CH-]F)c1. The predicted octanol–water partition coefficient (Wildman–Crippen LogP) is 2.04. The molecule has 0 fully saturated rings. The summed E-state index contributed by atoms with van der Waals surface area (Å²) in [6.45, 7) is 0.473. The van der Waals surface area contributed by atoms with Gasteiger partial charge in [-0.25, -0.2) is 0 Å². The molecule has 1 rings (SSSR count). The van der Waals surface area contributed by atoms with Crippen molar-refractivity contribution in [2.24, 2.45) is 0 Å². The summed E-state index contributed by atoms with van der Waals surface area (Å²) in [5.74, 6) is 0. The summed E-state index contributed by atoms with van der Waals surface area (Å²) in [6, 6.07) is 8.27. The molecule has 0 radical (unpaired) electrons. The molecule has 0 aliphatic rings. The van der Waals surface area contributed by atoms with Gasteiger partial charge in [-0.3, -0.25) is 4.39 Å². The highest BCUT2D eigenvalue weighted by Crippen LogP contribution is 2.05. The minimum absolute atomic E-state index is 0.430. The zero-order valence-electron chi connectivity index (χ0n) is 5.21. The van der Waals surface area contributed by atoms with Crippen molar-refractivity contribution in [3.63, 3.8) is 0 Å². The van der Waals surface area contributed by atoms with Gasteiger partial charge in [0.25, 0.3) is 0 Å². The van der Waals surface area contributed by atoms with Gasteiger partial charge in [0.05, 0.1) is 6.07 Å². The maximum absolute atomic E-state index is 11.8. The number of halogens is 1. The molecule has 0 aromatic heterocycles. The third-order valence-corrected chi connectivity index (χ3v) is 1.14. The molecule has 10 heavy (non-hydrogen) atoms. The van der Waals surface area contributed by atoms with E-state index in [0.29, 0.717) is 17.8 Å². The van der Waals surface area contributed by atoms with E-state index in [0.717, 1.165) is 0 Å². The van der Waals surface area contributed by atoms with E-state index in [-0.39, 0.29) is 0 Å². The standard InChI is InChI=1S/C8H5FN/c9-5-7-2-1-3-8(4-7)6-10/h1-5H/q-1. The lowest BCUT2D eigenvalue weighted by Gasteiger charge is -2.01. The number of nitriles is 1. The van der Waals surface area contributed by atoms with Crippen molar-refractivity contribution < 1.29 is 4.39 Å². The topological polar surface area (TPSA) is 23.8 Å². The molecule has 0 aliphatic heterocycles. The van der Waals surface area contributed by atoms with E-state index in [4.69, 9.17) is 5.26 Å². The molecular formula is C8H5FN-. The molecule has 0 N–H and O–H groups in total. The zero-order valence-corrected chi connectivity index (χ0v) is 5.21. The number of rotatable bonds is 1. The quantitative estimate of drug-likeness (QED) is 0.539. The smallest absolute Gasteiger partial charge is 0.0856 e. The number of hydrogen-bond acceptors (Lipinski definition) is 1. The molecule has 1 nitrogen and oxygen atoms in total. The van der Waals surface area contributed by atoms with Gasteiger partial charge < -0.3 is 0 Å². The van der Waals surface area contributed by atoms with E-state index in [2.05, 4.69) is 0 Å². The van der Waals surface area contributed by atoms with Crippen LogP contribution in [0.15, 0.2) is 24.3 Å². The van der Waals surface area contributed by atoms with Crippen LogP contribution in [0.3, 0.4) is 0 Å². The Morgan fingerprint density at radius 2 is 2.30 bits per heavy atom.